The second-order valence-electron chi connectivity index (χ2n) is 11.1. The van der Waals surface area contributed by atoms with E-state index in [1.165, 1.54) is 32.1 Å². The Kier molecular flexibility index (Phi) is 12.1. The number of rotatable bonds is 7. The van der Waals surface area contributed by atoms with Crippen molar-refractivity contribution in [2.75, 3.05) is 11.5 Å². The van der Waals surface area contributed by atoms with Crippen molar-refractivity contribution in [3.63, 3.8) is 0 Å². The van der Waals surface area contributed by atoms with Crippen molar-refractivity contribution in [1.82, 2.24) is 20.4 Å². The number of carbonyl (C=O) groups excluding carboxylic acids is 8. The standard InChI is InChI=1S/C16H22N4O4.C14H14N4O4.C2H6/c1-5-11(18)14-13(9(3)17)15(23)20(16(14)24)8(2)6-7-12(22)19-10(4)21;1-14(5-4-8(19)17-13(14)22)18-11(20)9-6(15)2-3-7(16)10(9)12(18)21;1-2/h5,8H,3,6-7,17-18H2,1-2,4H3,(H,19,21,22);2-3H,4-5,15-16H2,1H3,(H,17,19,22);1-2H3/b11-5+;;. The Bertz CT molecular complexity index is 1640. The number of amides is 8. The molecule has 10 N–H and O–H groups in total. The summed E-state index contributed by atoms with van der Waals surface area (Å²) < 4.78 is 0. The van der Waals surface area contributed by atoms with Gasteiger partial charge in [-0.25, -0.2) is 0 Å². The number of hydrogen-bond donors (Lipinski definition) is 6. The number of nitrogens with one attached hydrogen (secondary N) is 2. The van der Waals surface area contributed by atoms with Crippen LogP contribution in [0.25, 0.3) is 0 Å². The van der Waals surface area contributed by atoms with E-state index in [1.54, 1.807) is 13.8 Å². The summed E-state index contributed by atoms with van der Waals surface area (Å²) in [6.45, 7) is 13.5. The Morgan fingerprint density at radius 2 is 1.48 bits per heavy atom. The highest BCUT2D eigenvalue weighted by Crippen LogP contribution is 2.38. The van der Waals surface area contributed by atoms with E-state index in [4.69, 9.17) is 22.9 Å². The van der Waals surface area contributed by atoms with E-state index in [0.29, 0.717) is 0 Å². The first-order valence-electron chi connectivity index (χ1n) is 15.1. The Labute approximate surface area is 277 Å². The SMILES string of the molecule is C=C(N)C1=C(/C(N)=C\C)C(=O)N(C(C)CCC(=O)NC(C)=O)C1=O.CC.CC1(N2C(=O)c3c(N)ccc(N)c3C2=O)CCC(=O)NC1=O. The summed E-state index contributed by atoms with van der Waals surface area (Å²) in [5.41, 5.74) is 21.9. The van der Waals surface area contributed by atoms with Gasteiger partial charge in [0.05, 0.1) is 22.3 Å². The molecule has 1 fully saturated rings. The second-order valence-corrected chi connectivity index (χ2v) is 11.1. The van der Waals surface area contributed by atoms with Gasteiger partial charge in [0.1, 0.15) is 5.54 Å². The van der Waals surface area contributed by atoms with Gasteiger partial charge in [-0.1, -0.05) is 26.5 Å². The number of hydrogen-bond acceptors (Lipinski definition) is 12. The first kappa shape index (κ1) is 38.4. The van der Waals surface area contributed by atoms with Gasteiger partial charge in [0, 0.05) is 48.6 Å². The number of nitrogens with two attached hydrogens (primary N) is 4. The minimum atomic E-state index is -1.44. The molecule has 258 valence electrons. The third kappa shape index (κ3) is 7.27. The molecule has 1 saturated heterocycles. The van der Waals surface area contributed by atoms with Crippen LogP contribution in [0.2, 0.25) is 0 Å². The first-order valence-corrected chi connectivity index (χ1v) is 15.1. The van der Waals surface area contributed by atoms with E-state index in [0.717, 1.165) is 9.80 Å². The van der Waals surface area contributed by atoms with E-state index in [1.807, 2.05) is 13.8 Å². The summed E-state index contributed by atoms with van der Waals surface area (Å²) in [6.07, 6.45) is 1.79. The third-order valence-corrected chi connectivity index (χ3v) is 7.76. The number of imide groups is 4. The van der Waals surface area contributed by atoms with Crippen LogP contribution in [0.15, 0.2) is 47.3 Å². The predicted molar refractivity (Wildman–Crippen MR) is 176 cm³/mol. The molecule has 0 aromatic heterocycles. The quantitative estimate of drug-likeness (QED) is 0.171. The number of carbonyl (C=O) groups is 8. The van der Waals surface area contributed by atoms with Crippen molar-refractivity contribution >= 4 is 58.6 Å². The maximum absolute atomic E-state index is 12.6. The normalized spacial score (nSPS) is 19.6. The molecule has 4 rings (SSSR count). The highest BCUT2D eigenvalue weighted by molar-refractivity contribution is 6.28. The Morgan fingerprint density at radius 3 is 1.92 bits per heavy atom. The van der Waals surface area contributed by atoms with Gasteiger partial charge >= 0.3 is 0 Å². The van der Waals surface area contributed by atoms with E-state index < -0.39 is 58.8 Å². The van der Waals surface area contributed by atoms with Gasteiger partial charge in [0.2, 0.25) is 17.7 Å². The molecule has 0 spiro atoms. The van der Waals surface area contributed by atoms with Crippen molar-refractivity contribution in [1.29, 1.82) is 0 Å². The van der Waals surface area contributed by atoms with E-state index in [2.05, 4.69) is 17.2 Å². The Hall–Kier alpha value is -5.80. The number of nitrogens with zero attached hydrogens (tertiary/aromatic N) is 2. The molecule has 2 atom stereocenters. The van der Waals surface area contributed by atoms with Gasteiger partial charge in [-0.15, -0.1) is 0 Å². The molecular weight excluding hydrogens is 624 g/mol. The van der Waals surface area contributed by atoms with Crippen LogP contribution in [-0.4, -0.2) is 68.6 Å². The average molecular weight is 667 g/mol. The smallest absolute Gasteiger partial charge is 0.264 e. The molecule has 3 aliphatic heterocycles. The van der Waals surface area contributed by atoms with Gasteiger partial charge in [0.15, 0.2) is 0 Å². The molecule has 0 aliphatic carbocycles. The van der Waals surface area contributed by atoms with Gasteiger partial charge in [-0.05, 0) is 45.7 Å². The van der Waals surface area contributed by atoms with Crippen molar-refractivity contribution in [2.45, 2.75) is 78.8 Å². The zero-order chi connectivity index (χ0) is 36.8. The molecule has 2 unspecified atom stereocenters. The molecule has 1 aromatic carbocycles. The van der Waals surface area contributed by atoms with Gasteiger partial charge in [-0.3, -0.25) is 58.8 Å². The maximum Gasteiger partial charge on any atom is 0.264 e. The largest absolute Gasteiger partial charge is 0.399 e. The van der Waals surface area contributed by atoms with Crippen LogP contribution < -0.4 is 33.6 Å². The van der Waals surface area contributed by atoms with E-state index in [9.17, 15) is 38.4 Å². The van der Waals surface area contributed by atoms with Gasteiger partial charge in [-0.2, -0.15) is 0 Å². The number of anilines is 2. The second kappa shape index (κ2) is 15.2. The molecule has 0 radical (unpaired) electrons. The van der Waals surface area contributed by atoms with Crippen molar-refractivity contribution in [3.05, 3.63) is 58.5 Å². The number of piperidine rings is 1. The van der Waals surface area contributed by atoms with Crippen LogP contribution in [0.3, 0.4) is 0 Å². The van der Waals surface area contributed by atoms with Crippen LogP contribution in [0.4, 0.5) is 11.4 Å². The molecule has 1 aromatic rings. The van der Waals surface area contributed by atoms with Crippen LogP contribution in [-0.2, 0) is 28.8 Å². The molecule has 8 amide bonds. The minimum Gasteiger partial charge on any atom is -0.399 e. The number of allylic oxidation sites excluding steroid dienone is 1. The summed E-state index contributed by atoms with van der Waals surface area (Å²) in [7, 11) is 0. The number of nitrogen functional groups attached to an aromatic ring is 2. The van der Waals surface area contributed by atoms with E-state index in [-0.39, 0.29) is 70.7 Å². The van der Waals surface area contributed by atoms with Crippen molar-refractivity contribution in [3.8, 4) is 0 Å². The zero-order valence-corrected chi connectivity index (χ0v) is 27.8. The molecule has 3 heterocycles. The lowest BCUT2D eigenvalue weighted by molar-refractivity contribution is -0.142. The van der Waals surface area contributed by atoms with Crippen molar-refractivity contribution < 1.29 is 38.4 Å². The average Bonchev–Trinajstić information content (AvgIpc) is 3.45. The van der Waals surface area contributed by atoms with Gasteiger partial charge < -0.3 is 22.9 Å². The third-order valence-electron chi connectivity index (χ3n) is 7.76. The summed E-state index contributed by atoms with van der Waals surface area (Å²) in [4.78, 5) is 98.0. The zero-order valence-electron chi connectivity index (χ0n) is 27.8. The van der Waals surface area contributed by atoms with Gasteiger partial charge in [0.25, 0.3) is 29.5 Å². The van der Waals surface area contributed by atoms with Crippen LogP contribution in [0.5, 0.6) is 0 Å². The molecule has 3 aliphatic rings. The first-order chi connectivity index (χ1) is 22.4. The summed E-state index contributed by atoms with van der Waals surface area (Å²) >= 11 is 0. The molecule has 16 nitrogen and oxygen atoms in total. The molecular formula is C32H42N8O8. The lowest BCUT2D eigenvalue weighted by Gasteiger charge is -2.38. The minimum absolute atomic E-state index is 0.00879. The monoisotopic (exact) mass is 666 g/mol. The molecule has 0 saturated carbocycles. The summed E-state index contributed by atoms with van der Waals surface area (Å²) in [5.74, 6) is -4.56. The Balaban J connectivity index is 0.000000318. The van der Waals surface area contributed by atoms with Crippen LogP contribution in [0.1, 0.15) is 87.9 Å². The fraction of sp³-hybridized carbons (Fsp3) is 0.375. The molecule has 48 heavy (non-hydrogen) atoms. The summed E-state index contributed by atoms with van der Waals surface area (Å²) in [6, 6.07) is 2.31. The predicted octanol–water partition coefficient (Wildman–Crippen LogP) is 0.487. The fourth-order valence-corrected chi connectivity index (χ4v) is 5.25. The van der Waals surface area contributed by atoms with Crippen molar-refractivity contribution in [2.24, 2.45) is 11.5 Å². The lowest BCUT2D eigenvalue weighted by atomic mass is 9.89. The highest BCUT2D eigenvalue weighted by atomic mass is 16.2. The fourth-order valence-electron chi connectivity index (χ4n) is 5.25. The highest BCUT2D eigenvalue weighted by Gasteiger charge is 2.53. The molecule has 16 heteroatoms. The lowest BCUT2D eigenvalue weighted by Crippen LogP contribution is -2.62. The topological polar surface area (TPSA) is 271 Å². The van der Waals surface area contributed by atoms with Crippen LogP contribution in [0, 0.1) is 0 Å². The van der Waals surface area contributed by atoms with E-state index >= 15 is 0 Å². The maximum atomic E-state index is 12.6. The van der Waals surface area contributed by atoms with Crippen LogP contribution >= 0.6 is 0 Å². The molecule has 0 bridgehead atoms. The Morgan fingerprint density at radius 1 is 0.979 bits per heavy atom. The number of benzene rings is 1. The number of fused-ring (bicyclic) bond motifs is 1. The summed E-state index contributed by atoms with van der Waals surface area (Å²) in [5, 5.41) is 4.29.